The molecule has 1 aliphatic rings. The number of hydrogen-bond donors (Lipinski definition) is 2. The van der Waals surface area contributed by atoms with Gasteiger partial charge >= 0.3 is 0 Å². The van der Waals surface area contributed by atoms with Gasteiger partial charge in [-0.2, -0.15) is 5.10 Å². The summed E-state index contributed by atoms with van der Waals surface area (Å²) < 4.78 is 1.72. The van der Waals surface area contributed by atoms with Gasteiger partial charge in [0.2, 0.25) is 0 Å². The van der Waals surface area contributed by atoms with Crippen LogP contribution in [0.25, 0.3) is 0 Å². The summed E-state index contributed by atoms with van der Waals surface area (Å²) in [6.45, 7) is 2.74. The SMILES string of the molecule is CCn1cc(C(=O)NC2(CO)CCCC2)cn1. The Bertz CT molecular complexity index is 394. The molecular weight excluding hydrogens is 218 g/mol. The molecule has 0 radical (unpaired) electrons. The van der Waals surface area contributed by atoms with Crippen molar-refractivity contribution in [3.8, 4) is 0 Å². The topological polar surface area (TPSA) is 67.2 Å². The van der Waals surface area contributed by atoms with E-state index >= 15 is 0 Å². The second kappa shape index (κ2) is 4.87. The van der Waals surface area contributed by atoms with E-state index in [2.05, 4.69) is 10.4 Å². The average Bonchev–Trinajstić information content (AvgIpc) is 2.97. The van der Waals surface area contributed by atoms with Crippen LogP contribution in [0, 0.1) is 0 Å². The number of carbonyl (C=O) groups is 1. The van der Waals surface area contributed by atoms with Gasteiger partial charge in [-0.15, -0.1) is 0 Å². The lowest BCUT2D eigenvalue weighted by Gasteiger charge is -2.27. The van der Waals surface area contributed by atoms with Crippen molar-refractivity contribution in [2.24, 2.45) is 0 Å². The standard InChI is InChI=1S/C12H19N3O2/c1-2-15-8-10(7-13-15)11(17)14-12(9-16)5-3-4-6-12/h7-8,16H,2-6,9H2,1H3,(H,14,17). The molecule has 0 atom stereocenters. The second-order valence-corrected chi connectivity index (χ2v) is 4.68. The van der Waals surface area contributed by atoms with Gasteiger partial charge in [0.15, 0.2) is 0 Å². The second-order valence-electron chi connectivity index (χ2n) is 4.68. The molecule has 0 unspecified atom stereocenters. The minimum atomic E-state index is -0.411. The third-order valence-corrected chi connectivity index (χ3v) is 3.46. The number of aliphatic hydroxyl groups is 1. The Morgan fingerprint density at radius 1 is 1.59 bits per heavy atom. The van der Waals surface area contributed by atoms with E-state index in [4.69, 9.17) is 0 Å². The summed E-state index contributed by atoms with van der Waals surface area (Å²) in [5, 5.41) is 16.5. The zero-order valence-corrected chi connectivity index (χ0v) is 10.1. The van der Waals surface area contributed by atoms with Crippen molar-refractivity contribution < 1.29 is 9.90 Å². The molecule has 0 saturated heterocycles. The number of aromatic nitrogens is 2. The summed E-state index contributed by atoms with van der Waals surface area (Å²) in [5.41, 5.74) is 0.150. The molecular formula is C12H19N3O2. The van der Waals surface area contributed by atoms with Crippen LogP contribution >= 0.6 is 0 Å². The molecule has 0 aliphatic heterocycles. The quantitative estimate of drug-likeness (QED) is 0.819. The predicted octanol–water partition coefficient (Wildman–Crippen LogP) is 0.938. The van der Waals surface area contributed by atoms with Crippen molar-refractivity contribution in [1.29, 1.82) is 0 Å². The molecule has 1 aromatic rings. The molecule has 0 spiro atoms. The maximum absolute atomic E-state index is 12.0. The van der Waals surface area contributed by atoms with Crippen LogP contribution in [0.15, 0.2) is 12.4 Å². The summed E-state index contributed by atoms with van der Waals surface area (Å²) in [5.74, 6) is -0.138. The highest BCUT2D eigenvalue weighted by atomic mass is 16.3. The van der Waals surface area contributed by atoms with Crippen LogP contribution in [0.2, 0.25) is 0 Å². The molecule has 1 aliphatic carbocycles. The molecule has 5 nitrogen and oxygen atoms in total. The van der Waals surface area contributed by atoms with Crippen molar-refractivity contribution in [3.63, 3.8) is 0 Å². The monoisotopic (exact) mass is 237 g/mol. The van der Waals surface area contributed by atoms with Crippen molar-refractivity contribution in [2.75, 3.05) is 6.61 Å². The van der Waals surface area contributed by atoms with Gasteiger partial charge in [0.05, 0.1) is 23.9 Å². The average molecular weight is 237 g/mol. The van der Waals surface area contributed by atoms with E-state index in [1.165, 1.54) is 0 Å². The Balaban J connectivity index is 2.05. The highest BCUT2D eigenvalue weighted by Gasteiger charge is 2.34. The number of hydrogen-bond acceptors (Lipinski definition) is 3. The van der Waals surface area contributed by atoms with Crippen molar-refractivity contribution in [2.45, 2.75) is 44.7 Å². The zero-order valence-electron chi connectivity index (χ0n) is 10.1. The fraction of sp³-hybridized carbons (Fsp3) is 0.667. The van der Waals surface area contributed by atoms with Crippen molar-refractivity contribution in [3.05, 3.63) is 18.0 Å². The number of carbonyl (C=O) groups excluding carboxylic acids is 1. The summed E-state index contributed by atoms with van der Waals surface area (Å²) in [7, 11) is 0. The third-order valence-electron chi connectivity index (χ3n) is 3.46. The molecule has 1 heterocycles. The molecule has 2 rings (SSSR count). The van der Waals surface area contributed by atoms with Gasteiger partial charge in [0, 0.05) is 12.7 Å². The number of aliphatic hydroxyl groups excluding tert-OH is 1. The molecule has 17 heavy (non-hydrogen) atoms. The first kappa shape index (κ1) is 12.1. The van der Waals surface area contributed by atoms with Gasteiger partial charge < -0.3 is 10.4 Å². The smallest absolute Gasteiger partial charge is 0.254 e. The molecule has 2 N–H and O–H groups in total. The molecule has 1 amide bonds. The van der Waals surface area contributed by atoms with E-state index in [0.717, 1.165) is 32.2 Å². The number of aryl methyl sites for hydroxylation is 1. The summed E-state index contributed by atoms with van der Waals surface area (Å²) in [6.07, 6.45) is 7.15. The van der Waals surface area contributed by atoms with Crippen LogP contribution < -0.4 is 5.32 Å². The molecule has 1 aromatic heterocycles. The largest absolute Gasteiger partial charge is 0.394 e. The van der Waals surface area contributed by atoms with Crippen molar-refractivity contribution >= 4 is 5.91 Å². The highest BCUT2D eigenvalue weighted by Crippen LogP contribution is 2.29. The number of rotatable bonds is 4. The van der Waals surface area contributed by atoms with Crippen LogP contribution in [-0.2, 0) is 6.54 Å². The number of nitrogens with one attached hydrogen (secondary N) is 1. The molecule has 5 heteroatoms. The van der Waals surface area contributed by atoms with E-state index in [0.29, 0.717) is 5.56 Å². The van der Waals surface area contributed by atoms with E-state index in [1.807, 2.05) is 6.92 Å². The Hall–Kier alpha value is -1.36. The van der Waals surface area contributed by atoms with E-state index in [9.17, 15) is 9.90 Å². The van der Waals surface area contributed by atoms with Gasteiger partial charge in [-0.1, -0.05) is 12.8 Å². The van der Waals surface area contributed by atoms with Gasteiger partial charge in [-0.25, -0.2) is 0 Å². The Morgan fingerprint density at radius 3 is 2.82 bits per heavy atom. The molecule has 0 bridgehead atoms. The lowest BCUT2D eigenvalue weighted by atomic mass is 9.98. The van der Waals surface area contributed by atoms with Crippen LogP contribution in [0.1, 0.15) is 43.0 Å². The first-order valence-corrected chi connectivity index (χ1v) is 6.15. The molecule has 1 fully saturated rings. The zero-order chi connectivity index (χ0) is 12.3. The van der Waals surface area contributed by atoms with Crippen LogP contribution in [0.4, 0.5) is 0 Å². The number of nitrogens with zero attached hydrogens (tertiary/aromatic N) is 2. The Morgan fingerprint density at radius 2 is 2.29 bits per heavy atom. The Labute approximate surface area is 101 Å². The lowest BCUT2D eigenvalue weighted by Crippen LogP contribution is -2.49. The fourth-order valence-corrected chi connectivity index (χ4v) is 2.34. The minimum Gasteiger partial charge on any atom is -0.394 e. The van der Waals surface area contributed by atoms with Crippen molar-refractivity contribution in [1.82, 2.24) is 15.1 Å². The van der Waals surface area contributed by atoms with E-state index in [1.54, 1.807) is 17.1 Å². The van der Waals surface area contributed by atoms with E-state index in [-0.39, 0.29) is 12.5 Å². The van der Waals surface area contributed by atoms with E-state index < -0.39 is 5.54 Å². The highest BCUT2D eigenvalue weighted by molar-refractivity contribution is 5.94. The third kappa shape index (κ3) is 2.49. The van der Waals surface area contributed by atoms with Crippen LogP contribution in [0.5, 0.6) is 0 Å². The Kier molecular flexibility index (Phi) is 3.47. The van der Waals surface area contributed by atoms with Gasteiger partial charge in [-0.05, 0) is 19.8 Å². The van der Waals surface area contributed by atoms with Gasteiger partial charge in [-0.3, -0.25) is 9.48 Å². The summed E-state index contributed by atoms with van der Waals surface area (Å²) >= 11 is 0. The normalized spacial score (nSPS) is 18.2. The predicted molar refractivity (Wildman–Crippen MR) is 63.7 cm³/mol. The maximum Gasteiger partial charge on any atom is 0.254 e. The van der Waals surface area contributed by atoms with Crippen LogP contribution in [0.3, 0.4) is 0 Å². The first-order chi connectivity index (χ1) is 8.19. The van der Waals surface area contributed by atoms with Gasteiger partial charge in [0.1, 0.15) is 0 Å². The molecule has 0 aromatic carbocycles. The number of amides is 1. The molecule has 1 saturated carbocycles. The lowest BCUT2D eigenvalue weighted by molar-refractivity contribution is 0.0838. The fourth-order valence-electron chi connectivity index (χ4n) is 2.34. The first-order valence-electron chi connectivity index (χ1n) is 6.15. The van der Waals surface area contributed by atoms with Gasteiger partial charge in [0.25, 0.3) is 5.91 Å². The minimum absolute atomic E-state index is 0.0145. The summed E-state index contributed by atoms with van der Waals surface area (Å²) in [6, 6.07) is 0. The molecule has 94 valence electrons. The van der Waals surface area contributed by atoms with Crippen LogP contribution in [-0.4, -0.2) is 32.9 Å². The summed E-state index contributed by atoms with van der Waals surface area (Å²) in [4.78, 5) is 12.0. The maximum atomic E-state index is 12.0.